The third kappa shape index (κ3) is 4.33. The molecule has 2 aliphatic heterocycles. The molecule has 1 aromatic heterocycles. The minimum atomic E-state index is 0.280. The maximum Gasteiger partial charge on any atom is 0.193 e. The van der Waals surface area contributed by atoms with Crippen molar-refractivity contribution in [3.8, 4) is 0 Å². The lowest BCUT2D eigenvalue weighted by molar-refractivity contribution is 0.248. The highest BCUT2D eigenvalue weighted by Gasteiger charge is 2.31. The second-order valence-electron chi connectivity index (χ2n) is 7.49. The molecule has 0 saturated carbocycles. The smallest absolute Gasteiger partial charge is 0.193 e. The van der Waals surface area contributed by atoms with Crippen LogP contribution in [0.2, 0.25) is 0 Å². The van der Waals surface area contributed by atoms with Gasteiger partial charge in [0.05, 0.1) is 12.2 Å². The quantitative estimate of drug-likeness (QED) is 0.630. The Morgan fingerprint density at radius 1 is 1.36 bits per heavy atom. The minimum absolute atomic E-state index is 0.280. The molecule has 7 nitrogen and oxygen atoms in total. The van der Waals surface area contributed by atoms with Crippen LogP contribution in [0.1, 0.15) is 30.9 Å². The molecule has 2 unspecified atom stereocenters. The Morgan fingerprint density at radius 3 is 2.72 bits per heavy atom. The molecule has 25 heavy (non-hydrogen) atoms. The van der Waals surface area contributed by atoms with E-state index in [0.29, 0.717) is 6.04 Å². The number of aromatic nitrogens is 2. The zero-order valence-corrected chi connectivity index (χ0v) is 16.1. The number of aryl methyl sites for hydroxylation is 1. The van der Waals surface area contributed by atoms with Gasteiger partial charge in [-0.2, -0.15) is 5.10 Å². The van der Waals surface area contributed by atoms with Crippen LogP contribution >= 0.6 is 0 Å². The summed E-state index contributed by atoms with van der Waals surface area (Å²) in [6.07, 6.45) is 8.02. The molecule has 7 heteroatoms. The lowest BCUT2D eigenvalue weighted by Crippen LogP contribution is -2.45. The summed E-state index contributed by atoms with van der Waals surface area (Å²) in [4.78, 5) is 11.8. The van der Waals surface area contributed by atoms with Crippen molar-refractivity contribution in [2.45, 2.75) is 31.3 Å². The summed E-state index contributed by atoms with van der Waals surface area (Å²) in [6, 6.07) is 0.978. The Bertz CT molecular complexity index is 574. The third-order valence-electron chi connectivity index (χ3n) is 5.52. The zero-order valence-electron chi connectivity index (χ0n) is 16.1. The minimum Gasteiger partial charge on any atom is -0.354 e. The van der Waals surface area contributed by atoms with Crippen molar-refractivity contribution in [1.82, 2.24) is 29.8 Å². The fraction of sp³-hybridized carbons (Fsp3) is 0.778. The van der Waals surface area contributed by atoms with Crippen molar-refractivity contribution in [2.75, 3.05) is 53.9 Å². The Hall–Kier alpha value is -1.60. The average molecular weight is 348 g/mol. The highest BCUT2D eigenvalue weighted by Crippen LogP contribution is 2.21. The van der Waals surface area contributed by atoms with Gasteiger partial charge in [-0.1, -0.05) is 0 Å². The van der Waals surface area contributed by atoms with Crippen molar-refractivity contribution in [2.24, 2.45) is 12.0 Å². The summed E-state index contributed by atoms with van der Waals surface area (Å²) >= 11 is 0. The lowest BCUT2D eigenvalue weighted by atomic mass is 10.1. The molecule has 3 rings (SSSR count). The van der Waals surface area contributed by atoms with Gasteiger partial charge in [-0.25, -0.2) is 0 Å². The van der Waals surface area contributed by atoms with Crippen LogP contribution < -0.4 is 5.32 Å². The first-order chi connectivity index (χ1) is 12.1. The summed E-state index contributed by atoms with van der Waals surface area (Å²) in [7, 11) is 8.08. The molecule has 1 N–H and O–H groups in total. The van der Waals surface area contributed by atoms with Gasteiger partial charge in [-0.15, -0.1) is 0 Å². The van der Waals surface area contributed by atoms with Crippen LogP contribution in [-0.4, -0.2) is 90.3 Å². The van der Waals surface area contributed by atoms with E-state index in [4.69, 9.17) is 0 Å². The molecule has 1 aromatic rings. The highest BCUT2D eigenvalue weighted by atomic mass is 15.3. The van der Waals surface area contributed by atoms with Gasteiger partial charge in [-0.05, 0) is 46.4 Å². The molecule has 2 saturated heterocycles. The van der Waals surface area contributed by atoms with Crippen LogP contribution in [0.25, 0.3) is 0 Å². The summed E-state index contributed by atoms with van der Waals surface area (Å²) in [6.45, 7) is 5.57. The van der Waals surface area contributed by atoms with E-state index >= 15 is 0 Å². The van der Waals surface area contributed by atoms with Crippen molar-refractivity contribution < 1.29 is 0 Å². The second-order valence-corrected chi connectivity index (χ2v) is 7.49. The summed E-state index contributed by atoms with van der Waals surface area (Å²) < 4.78 is 1.86. The van der Waals surface area contributed by atoms with Crippen molar-refractivity contribution in [3.63, 3.8) is 0 Å². The third-order valence-corrected chi connectivity index (χ3v) is 5.52. The monoisotopic (exact) mass is 347 g/mol. The van der Waals surface area contributed by atoms with E-state index in [1.807, 2.05) is 25.0 Å². The highest BCUT2D eigenvalue weighted by molar-refractivity contribution is 5.80. The number of nitrogens with zero attached hydrogens (tertiary/aromatic N) is 6. The van der Waals surface area contributed by atoms with E-state index in [9.17, 15) is 0 Å². The molecular weight excluding hydrogens is 314 g/mol. The molecule has 0 aromatic carbocycles. The molecule has 2 atom stereocenters. The van der Waals surface area contributed by atoms with Gasteiger partial charge in [0.15, 0.2) is 5.96 Å². The number of nitrogens with one attached hydrogen (secondary N) is 1. The zero-order chi connectivity index (χ0) is 17.8. The number of likely N-dealkylation sites (tertiary alicyclic amines) is 2. The first-order valence-electron chi connectivity index (χ1n) is 9.43. The predicted molar refractivity (Wildman–Crippen MR) is 102 cm³/mol. The second kappa shape index (κ2) is 8.19. The molecule has 2 fully saturated rings. The van der Waals surface area contributed by atoms with Crippen LogP contribution in [0.3, 0.4) is 0 Å². The lowest BCUT2D eigenvalue weighted by Gasteiger charge is -2.28. The topological polar surface area (TPSA) is 51.9 Å². The maximum absolute atomic E-state index is 4.53. The molecule has 0 bridgehead atoms. The first kappa shape index (κ1) is 18.2. The Balaban J connectivity index is 1.56. The fourth-order valence-electron chi connectivity index (χ4n) is 4.07. The number of guanidine groups is 1. The molecule has 0 aliphatic carbocycles. The van der Waals surface area contributed by atoms with E-state index < -0.39 is 0 Å². The average Bonchev–Trinajstić information content (AvgIpc) is 3.32. The number of hydrogen-bond donors (Lipinski definition) is 1. The largest absolute Gasteiger partial charge is 0.354 e. The van der Waals surface area contributed by atoms with Gasteiger partial charge in [0.25, 0.3) is 0 Å². The maximum atomic E-state index is 4.53. The van der Waals surface area contributed by atoms with Gasteiger partial charge >= 0.3 is 0 Å². The van der Waals surface area contributed by atoms with E-state index in [1.165, 1.54) is 37.9 Å². The van der Waals surface area contributed by atoms with Gasteiger partial charge in [0.1, 0.15) is 0 Å². The molecule has 0 amide bonds. The fourth-order valence-corrected chi connectivity index (χ4v) is 4.07. The first-order valence-corrected chi connectivity index (χ1v) is 9.43. The van der Waals surface area contributed by atoms with Crippen LogP contribution in [0, 0.1) is 0 Å². The molecule has 3 heterocycles. The molecular formula is C18H33N7. The van der Waals surface area contributed by atoms with Gasteiger partial charge in [-0.3, -0.25) is 14.6 Å². The van der Waals surface area contributed by atoms with E-state index in [1.54, 1.807) is 0 Å². The van der Waals surface area contributed by atoms with Crippen LogP contribution in [-0.2, 0) is 7.05 Å². The van der Waals surface area contributed by atoms with Gasteiger partial charge in [0, 0.05) is 51.5 Å². The van der Waals surface area contributed by atoms with Crippen molar-refractivity contribution in [3.05, 3.63) is 18.0 Å². The molecule has 0 radical (unpaired) electrons. The van der Waals surface area contributed by atoms with Gasteiger partial charge < -0.3 is 15.1 Å². The van der Waals surface area contributed by atoms with Crippen molar-refractivity contribution in [1.29, 1.82) is 0 Å². The van der Waals surface area contributed by atoms with Crippen LogP contribution in [0.4, 0.5) is 0 Å². The molecule has 140 valence electrons. The summed E-state index contributed by atoms with van der Waals surface area (Å²) in [5.74, 6) is 1.03. The summed E-state index contributed by atoms with van der Waals surface area (Å²) in [5, 5.41) is 7.91. The number of aliphatic imine (C=N–C) groups is 1. The van der Waals surface area contributed by atoms with Crippen LogP contribution in [0.5, 0.6) is 0 Å². The van der Waals surface area contributed by atoms with Crippen molar-refractivity contribution >= 4 is 5.96 Å². The molecule has 0 spiro atoms. The molecule has 2 aliphatic rings. The van der Waals surface area contributed by atoms with Crippen LogP contribution in [0.15, 0.2) is 17.4 Å². The normalized spacial score (nSPS) is 23.6. The Labute approximate surface area is 151 Å². The van der Waals surface area contributed by atoms with E-state index in [-0.39, 0.29) is 6.04 Å². The standard InChI is InChI=1S/C18H33N7/c1-19-18(25-10-7-16(14-25)24-8-5-6-9-24)20-12-17(22(2)3)15-11-21-23(4)13-15/h11,13,16-17H,5-10,12,14H2,1-4H3,(H,19,20). The summed E-state index contributed by atoms with van der Waals surface area (Å²) in [5.41, 5.74) is 1.23. The Kier molecular flexibility index (Phi) is 5.96. The SMILES string of the molecule is CN=C(NCC(c1cnn(C)c1)N(C)C)N1CCC(N2CCCC2)C1. The number of rotatable bonds is 5. The van der Waals surface area contributed by atoms with Gasteiger partial charge in [0.2, 0.25) is 0 Å². The van der Waals surface area contributed by atoms with E-state index in [0.717, 1.165) is 25.6 Å². The Morgan fingerprint density at radius 2 is 2.12 bits per heavy atom. The number of likely N-dealkylation sites (N-methyl/N-ethyl adjacent to an activating group) is 1. The number of hydrogen-bond acceptors (Lipinski definition) is 4. The predicted octanol–water partition coefficient (Wildman–Crippen LogP) is 0.768. The van der Waals surface area contributed by atoms with E-state index in [2.05, 4.69) is 50.4 Å².